The Kier molecular flexibility index (Phi) is 12.0. The summed E-state index contributed by atoms with van der Waals surface area (Å²) in [6.07, 6.45) is 3.81. The minimum atomic E-state index is -3.02. The lowest BCUT2D eigenvalue weighted by molar-refractivity contribution is -0.119. The summed E-state index contributed by atoms with van der Waals surface area (Å²) in [5, 5.41) is 2.44. The van der Waals surface area contributed by atoms with Crippen LogP contribution >= 0.6 is 74.9 Å². The molecule has 0 aliphatic heterocycles. The SMILES string of the molecule is CCCCSP(=O)(NC(=O)C(Cl)(Cl)C(Cl)Cl)SCCCC. The van der Waals surface area contributed by atoms with Crippen molar-refractivity contribution in [3.05, 3.63) is 0 Å². The Morgan fingerprint density at radius 2 is 1.57 bits per heavy atom. The second kappa shape index (κ2) is 11.2. The highest BCUT2D eigenvalue weighted by atomic mass is 35.5. The molecule has 1 N–H and O–H groups in total. The fourth-order valence-corrected chi connectivity index (χ4v) is 8.76. The maximum atomic E-state index is 12.8. The van der Waals surface area contributed by atoms with Gasteiger partial charge in [-0.25, -0.2) is 0 Å². The van der Waals surface area contributed by atoms with Gasteiger partial charge in [-0.05, 0) is 12.8 Å². The lowest BCUT2D eigenvalue weighted by Gasteiger charge is -2.24. The van der Waals surface area contributed by atoms with Crippen LogP contribution < -0.4 is 5.09 Å². The highest BCUT2D eigenvalue weighted by Gasteiger charge is 2.43. The molecule has 0 aromatic heterocycles. The van der Waals surface area contributed by atoms with E-state index in [1.807, 2.05) is 13.8 Å². The highest BCUT2D eigenvalue weighted by molar-refractivity contribution is 8.90. The summed E-state index contributed by atoms with van der Waals surface area (Å²) in [6.45, 7) is 4.09. The van der Waals surface area contributed by atoms with E-state index in [4.69, 9.17) is 46.4 Å². The van der Waals surface area contributed by atoms with Crippen LogP contribution in [0.1, 0.15) is 39.5 Å². The lowest BCUT2D eigenvalue weighted by atomic mass is 10.4. The van der Waals surface area contributed by atoms with Crippen molar-refractivity contribution in [3.8, 4) is 0 Å². The van der Waals surface area contributed by atoms with Gasteiger partial charge in [-0.1, -0.05) is 72.7 Å². The van der Waals surface area contributed by atoms with E-state index < -0.39 is 20.8 Å². The van der Waals surface area contributed by atoms with Crippen LogP contribution in [0.15, 0.2) is 0 Å². The van der Waals surface area contributed by atoms with Gasteiger partial charge in [-0.15, -0.1) is 23.2 Å². The van der Waals surface area contributed by atoms with Crippen LogP contribution in [0.3, 0.4) is 0 Å². The monoisotopic (exact) mass is 433 g/mol. The predicted molar refractivity (Wildman–Crippen MR) is 100 cm³/mol. The summed E-state index contributed by atoms with van der Waals surface area (Å²) in [7, 11) is 0. The van der Waals surface area contributed by atoms with E-state index in [0.29, 0.717) is 11.5 Å². The zero-order valence-corrected chi connectivity index (χ0v) is 17.5. The van der Waals surface area contributed by atoms with Crippen molar-refractivity contribution < 1.29 is 9.36 Å². The van der Waals surface area contributed by atoms with Crippen LogP contribution in [0, 0.1) is 0 Å². The number of carbonyl (C=O) groups is 1. The summed E-state index contributed by atoms with van der Waals surface area (Å²) in [4.78, 5) is 10.7. The van der Waals surface area contributed by atoms with Crippen LogP contribution in [0.5, 0.6) is 0 Å². The van der Waals surface area contributed by atoms with E-state index in [-0.39, 0.29) is 0 Å². The Labute approximate surface area is 154 Å². The standard InChI is InChI=1S/C11H20Cl4NO2PS2/c1-3-5-7-20-19(18,21-8-6-4-2)16-10(17)11(14,15)9(12)13/h9H,3-8H2,1-2H3,(H,16,17,18). The number of hydrogen-bond donors (Lipinski definition) is 1. The normalized spacial score (nSPS) is 12.7. The van der Waals surface area contributed by atoms with Gasteiger partial charge in [-0.3, -0.25) is 14.4 Å². The number of rotatable bonds is 11. The maximum Gasteiger partial charge on any atom is 0.280 e. The van der Waals surface area contributed by atoms with E-state index in [2.05, 4.69) is 5.09 Å². The number of amides is 1. The van der Waals surface area contributed by atoms with E-state index in [1.54, 1.807) is 0 Å². The Hall–Kier alpha value is 1.56. The zero-order chi connectivity index (χ0) is 16.5. The Morgan fingerprint density at radius 3 is 1.90 bits per heavy atom. The first-order chi connectivity index (χ1) is 9.69. The van der Waals surface area contributed by atoms with Crippen LogP contribution in [-0.4, -0.2) is 26.6 Å². The predicted octanol–water partition coefficient (Wildman–Crippen LogP) is 6.25. The number of unbranched alkanes of at least 4 members (excludes halogenated alkanes) is 2. The van der Waals surface area contributed by atoms with Gasteiger partial charge in [-0.2, -0.15) is 0 Å². The van der Waals surface area contributed by atoms with Gasteiger partial charge in [0.1, 0.15) is 4.84 Å². The topological polar surface area (TPSA) is 46.2 Å². The second-order valence-corrected chi connectivity index (χ2v) is 14.6. The average molecular weight is 435 g/mol. The minimum absolute atomic E-state index is 0.690. The second-order valence-electron chi connectivity index (χ2n) is 4.24. The van der Waals surface area contributed by atoms with Gasteiger partial charge in [0.15, 0.2) is 0 Å². The minimum Gasteiger partial charge on any atom is -0.288 e. The first-order valence-electron chi connectivity index (χ1n) is 6.57. The fourth-order valence-electron chi connectivity index (χ4n) is 1.06. The summed E-state index contributed by atoms with van der Waals surface area (Å²) in [6, 6.07) is 0. The first kappa shape index (κ1) is 22.6. The number of nitrogens with one attached hydrogen (secondary N) is 1. The molecule has 0 spiro atoms. The van der Waals surface area contributed by atoms with Crippen molar-refractivity contribution in [3.63, 3.8) is 0 Å². The number of carbonyl (C=O) groups excluding carboxylic acids is 1. The summed E-state index contributed by atoms with van der Waals surface area (Å²) < 4.78 is 10.8. The average Bonchev–Trinajstić information content (AvgIpc) is 2.39. The molecule has 126 valence electrons. The van der Waals surface area contributed by atoms with E-state index in [1.165, 1.54) is 22.8 Å². The smallest absolute Gasteiger partial charge is 0.280 e. The molecule has 3 nitrogen and oxygen atoms in total. The Bertz CT molecular complexity index is 358. The summed E-state index contributed by atoms with van der Waals surface area (Å²) >= 11 is 25.2. The maximum absolute atomic E-state index is 12.8. The van der Waals surface area contributed by atoms with Gasteiger partial charge in [0.25, 0.3) is 11.6 Å². The van der Waals surface area contributed by atoms with Gasteiger partial charge in [0.05, 0.1) is 0 Å². The van der Waals surface area contributed by atoms with Gasteiger partial charge < -0.3 is 0 Å². The van der Waals surface area contributed by atoms with E-state index in [9.17, 15) is 9.36 Å². The molecule has 0 aliphatic rings. The fraction of sp³-hybridized carbons (Fsp3) is 0.909. The third-order valence-electron chi connectivity index (χ3n) is 2.33. The van der Waals surface area contributed by atoms with Crippen molar-refractivity contribution in [2.24, 2.45) is 0 Å². The third kappa shape index (κ3) is 8.83. The van der Waals surface area contributed by atoms with Crippen molar-refractivity contribution >= 4 is 80.8 Å². The molecule has 0 atom stereocenters. The molecule has 0 saturated heterocycles. The molecule has 0 fully saturated rings. The van der Waals surface area contributed by atoms with Crippen LogP contribution in [0.4, 0.5) is 0 Å². The number of halogens is 4. The molecule has 10 heteroatoms. The molecule has 0 unspecified atom stereocenters. The van der Waals surface area contributed by atoms with Crippen molar-refractivity contribution in [1.82, 2.24) is 5.09 Å². The lowest BCUT2D eigenvalue weighted by Crippen LogP contribution is -2.40. The molecule has 0 aromatic carbocycles. The van der Waals surface area contributed by atoms with Crippen LogP contribution in [-0.2, 0) is 9.36 Å². The molecule has 0 saturated carbocycles. The number of hydrogen-bond acceptors (Lipinski definition) is 4. The molecule has 0 aromatic rings. The van der Waals surface area contributed by atoms with Gasteiger partial charge in [0, 0.05) is 11.5 Å². The number of alkyl halides is 4. The van der Waals surface area contributed by atoms with E-state index >= 15 is 0 Å². The quantitative estimate of drug-likeness (QED) is 0.237. The van der Waals surface area contributed by atoms with Crippen LogP contribution in [0.25, 0.3) is 0 Å². The van der Waals surface area contributed by atoms with Crippen LogP contribution in [0.2, 0.25) is 0 Å². The molecular formula is C11H20Cl4NO2PS2. The molecule has 21 heavy (non-hydrogen) atoms. The largest absolute Gasteiger partial charge is 0.288 e. The summed E-state index contributed by atoms with van der Waals surface area (Å²) in [5.74, 6) is 0.559. The molecule has 1 amide bonds. The molecule has 0 bridgehead atoms. The van der Waals surface area contributed by atoms with E-state index in [0.717, 1.165) is 25.7 Å². The molecular weight excluding hydrogens is 415 g/mol. The summed E-state index contributed by atoms with van der Waals surface area (Å²) in [5.41, 5.74) is -3.02. The van der Waals surface area contributed by atoms with Crippen molar-refractivity contribution in [2.45, 2.75) is 48.7 Å². The van der Waals surface area contributed by atoms with Crippen molar-refractivity contribution in [2.75, 3.05) is 11.5 Å². The molecule has 0 rings (SSSR count). The Morgan fingerprint density at radius 1 is 1.14 bits per heavy atom. The third-order valence-corrected chi connectivity index (χ3v) is 11.9. The molecule has 0 heterocycles. The molecule has 0 radical (unpaired) electrons. The van der Waals surface area contributed by atoms with Crippen molar-refractivity contribution in [1.29, 1.82) is 0 Å². The zero-order valence-electron chi connectivity index (χ0n) is 11.9. The highest BCUT2D eigenvalue weighted by Crippen LogP contribution is 2.66. The Balaban J connectivity index is 4.79. The van der Waals surface area contributed by atoms with Gasteiger partial charge >= 0.3 is 0 Å². The van der Waals surface area contributed by atoms with Gasteiger partial charge in [0.2, 0.25) is 4.33 Å². The first-order valence-corrected chi connectivity index (χ1v) is 13.1. The molecule has 0 aliphatic carbocycles.